The molecule has 11 atom stereocenters. The van der Waals surface area contributed by atoms with Crippen LogP contribution in [0.5, 0.6) is 0 Å². The van der Waals surface area contributed by atoms with E-state index < -0.39 is 17.4 Å². The minimum Gasteiger partial charge on any atom is -0.481 e. The van der Waals surface area contributed by atoms with E-state index in [-0.39, 0.29) is 45.6 Å². The summed E-state index contributed by atoms with van der Waals surface area (Å²) in [7, 11) is 0. The van der Waals surface area contributed by atoms with Gasteiger partial charge >= 0.3 is 11.9 Å². The van der Waals surface area contributed by atoms with Crippen LogP contribution in [0.1, 0.15) is 164 Å². The smallest absolute Gasteiger partial charge is 0.309 e. The highest BCUT2D eigenvalue weighted by Gasteiger charge is 2.74. The van der Waals surface area contributed by atoms with Gasteiger partial charge in [-0.1, -0.05) is 77.0 Å². The number of aliphatic carboxylic acids is 1. The second kappa shape index (κ2) is 13.4. The minimum absolute atomic E-state index is 0.112. The predicted octanol–water partition coefficient (Wildman–Crippen LogP) is 10.7. The van der Waals surface area contributed by atoms with Crippen LogP contribution in [0.25, 0.3) is 11.4 Å². The van der Waals surface area contributed by atoms with E-state index in [2.05, 4.69) is 51.6 Å². The van der Waals surface area contributed by atoms with E-state index in [4.69, 9.17) is 14.2 Å². The molecule has 7 fully saturated rings. The number of amides is 1. The Kier molecular flexibility index (Phi) is 9.27. The first-order chi connectivity index (χ1) is 27.3. The Bertz CT molecular complexity index is 1950. The van der Waals surface area contributed by atoms with E-state index >= 15 is 4.79 Å². The number of hydrogen-bond donors (Lipinski definition) is 1. The highest BCUT2D eigenvalue weighted by atomic mass is 16.5. The van der Waals surface area contributed by atoms with Crippen LogP contribution in [0.4, 0.5) is 0 Å². The first-order valence-electron chi connectivity index (χ1n) is 22.9. The topological polar surface area (TPSA) is 123 Å². The van der Waals surface area contributed by atoms with E-state index in [1.165, 1.54) is 25.7 Å². The van der Waals surface area contributed by atoms with E-state index in [1.807, 2.05) is 30.3 Å². The molecule has 1 unspecified atom stereocenters. The maximum absolute atomic E-state index is 15.6. The molecule has 6 saturated carbocycles. The monoisotopic (exact) mass is 796 g/mol. The molecular weight excluding hydrogens is 727 g/mol. The van der Waals surface area contributed by atoms with Gasteiger partial charge in [-0.2, -0.15) is 4.98 Å². The number of nitrogens with zero attached hydrogens (tertiary/aromatic N) is 3. The first kappa shape index (κ1) is 40.2. The summed E-state index contributed by atoms with van der Waals surface area (Å²) in [6.07, 6.45) is 14.8. The standard InChI is InChI=1S/C49H69N3O6/c1-43(2,42(55)56)29-37(53)57-36-20-21-46(6)34(44(36,3)4)19-22-48(8)35(46)17-16-32-38-31(45(5)24-25-45)18-23-49(38,27-26-47(32,48)7)41(54)52-28-12-15-33(52)40-50-39(51-58-40)30-13-10-9-11-14-30/h9-11,13-14,31-36,38H,12,15-29H2,1-8H3,(H,55,56)/t31?,32-,33-,34+,35-,36+,38-,46+,47-,48-,49+/m1/s1. The summed E-state index contributed by atoms with van der Waals surface area (Å²) < 4.78 is 12.2. The zero-order valence-corrected chi connectivity index (χ0v) is 36.6. The largest absolute Gasteiger partial charge is 0.481 e. The van der Waals surface area contributed by atoms with Crippen LogP contribution in [-0.2, 0) is 19.1 Å². The molecule has 0 bridgehead atoms. The normalized spacial score (nSPS) is 41.1. The molecule has 2 heterocycles. The van der Waals surface area contributed by atoms with E-state index in [0.29, 0.717) is 52.6 Å². The van der Waals surface area contributed by atoms with Crippen LogP contribution >= 0.6 is 0 Å². The van der Waals surface area contributed by atoms with Crippen molar-refractivity contribution in [1.29, 1.82) is 0 Å². The maximum atomic E-state index is 15.6. The molecule has 1 aromatic carbocycles. The third kappa shape index (κ3) is 5.75. The number of rotatable bonds is 8. The van der Waals surface area contributed by atoms with Gasteiger partial charge in [0.1, 0.15) is 12.1 Å². The Morgan fingerprint density at radius 1 is 0.828 bits per heavy atom. The molecule has 1 aliphatic heterocycles. The van der Waals surface area contributed by atoms with Gasteiger partial charge in [0.25, 0.3) is 0 Å². The molecule has 1 saturated heterocycles. The highest BCUT2D eigenvalue weighted by molar-refractivity contribution is 5.85. The van der Waals surface area contributed by atoms with Crippen LogP contribution in [0.2, 0.25) is 0 Å². The molecule has 58 heavy (non-hydrogen) atoms. The van der Waals surface area contributed by atoms with Crippen LogP contribution in [-0.4, -0.2) is 50.6 Å². The summed E-state index contributed by atoms with van der Waals surface area (Å²) in [5, 5.41) is 14.1. The van der Waals surface area contributed by atoms with Crippen LogP contribution in [0.3, 0.4) is 0 Å². The minimum atomic E-state index is -1.15. The van der Waals surface area contributed by atoms with Gasteiger partial charge in [-0.15, -0.1) is 0 Å². The number of hydrogen-bond acceptors (Lipinski definition) is 7. The lowest BCUT2D eigenvalue weighted by Crippen LogP contribution is -2.67. The molecule has 6 aliphatic carbocycles. The van der Waals surface area contributed by atoms with Gasteiger partial charge in [0.15, 0.2) is 0 Å². The van der Waals surface area contributed by atoms with Crippen molar-refractivity contribution in [2.45, 2.75) is 164 Å². The number of carbonyl (C=O) groups is 3. The molecule has 316 valence electrons. The quantitative estimate of drug-likeness (QED) is 0.262. The van der Waals surface area contributed by atoms with E-state index in [1.54, 1.807) is 13.8 Å². The van der Waals surface area contributed by atoms with Crippen LogP contribution in [0, 0.1) is 67.5 Å². The third-order valence-corrected chi connectivity index (χ3v) is 19.4. The number of carboxylic acid groups (broad SMARTS) is 1. The Balaban J connectivity index is 0.991. The molecule has 1 aromatic heterocycles. The molecule has 9 rings (SSSR count). The number of carboxylic acids is 1. The fraction of sp³-hybridized carbons (Fsp3) is 0.776. The fourth-order valence-electron chi connectivity index (χ4n) is 15.8. The van der Waals surface area contributed by atoms with Gasteiger partial charge in [0, 0.05) is 17.5 Å². The second-order valence-electron chi connectivity index (χ2n) is 22.8. The van der Waals surface area contributed by atoms with E-state index in [0.717, 1.165) is 76.3 Å². The van der Waals surface area contributed by atoms with Gasteiger partial charge in [-0.05, 0) is 155 Å². The fourth-order valence-corrected chi connectivity index (χ4v) is 15.8. The Morgan fingerprint density at radius 3 is 2.28 bits per heavy atom. The highest BCUT2D eigenvalue weighted by Crippen LogP contribution is 2.79. The summed E-state index contributed by atoms with van der Waals surface area (Å²) in [5.41, 5.74) is -0.0506. The van der Waals surface area contributed by atoms with Crippen molar-refractivity contribution in [3.63, 3.8) is 0 Å². The summed E-state index contributed by atoms with van der Waals surface area (Å²) in [5.74, 6) is 2.61. The summed E-state index contributed by atoms with van der Waals surface area (Å²) >= 11 is 0. The molecule has 7 aliphatic rings. The third-order valence-electron chi connectivity index (χ3n) is 19.4. The summed E-state index contributed by atoms with van der Waals surface area (Å²) in [6, 6.07) is 9.81. The molecule has 0 spiro atoms. The average molecular weight is 796 g/mol. The van der Waals surface area contributed by atoms with Crippen molar-refractivity contribution in [2.75, 3.05) is 6.54 Å². The van der Waals surface area contributed by atoms with Gasteiger partial charge in [-0.25, -0.2) is 0 Å². The lowest BCUT2D eigenvalue weighted by molar-refractivity contribution is -0.251. The Hall–Kier alpha value is -3.23. The average Bonchev–Trinajstić information content (AvgIpc) is 3.56. The van der Waals surface area contributed by atoms with Crippen LogP contribution in [0.15, 0.2) is 34.9 Å². The van der Waals surface area contributed by atoms with Crippen LogP contribution < -0.4 is 0 Å². The number of fused-ring (bicyclic) bond motifs is 7. The second-order valence-corrected chi connectivity index (χ2v) is 22.8. The number of carbonyl (C=O) groups excluding carboxylic acids is 2. The molecule has 9 heteroatoms. The van der Waals surface area contributed by atoms with Gasteiger partial charge in [0.2, 0.25) is 17.6 Å². The predicted molar refractivity (Wildman–Crippen MR) is 221 cm³/mol. The molecule has 1 N–H and O–H groups in total. The Morgan fingerprint density at radius 2 is 1.57 bits per heavy atom. The summed E-state index contributed by atoms with van der Waals surface area (Å²) in [4.78, 5) is 47.7. The molecule has 0 radical (unpaired) electrons. The Labute approximate surface area is 346 Å². The summed E-state index contributed by atoms with van der Waals surface area (Å²) in [6.45, 7) is 19.0. The van der Waals surface area contributed by atoms with Crippen molar-refractivity contribution in [3.05, 3.63) is 36.2 Å². The lowest BCUT2D eigenvalue weighted by Gasteiger charge is -2.73. The van der Waals surface area contributed by atoms with Crippen molar-refractivity contribution < 1.29 is 28.8 Å². The van der Waals surface area contributed by atoms with Gasteiger partial charge in [0.05, 0.1) is 17.3 Å². The molecule has 1 amide bonds. The van der Waals surface area contributed by atoms with Crippen molar-refractivity contribution in [1.82, 2.24) is 15.0 Å². The first-order valence-corrected chi connectivity index (χ1v) is 22.9. The van der Waals surface area contributed by atoms with Gasteiger partial charge in [-0.3, -0.25) is 14.4 Å². The molecule has 2 aromatic rings. The van der Waals surface area contributed by atoms with Crippen molar-refractivity contribution >= 4 is 17.8 Å². The lowest BCUT2D eigenvalue weighted by atomic mass is 9.32. The van der Waals surface area contributed by atoms with E-state index in [9.17, 15) is 14.7 Å². The maximum Gasteiger partial charge on any atom is 0.309 e. The number of aromatic nitrogens is 2. The number of esters is 1. The number of benzene rings is 1. The molecule has 9 nitrogen and oxygen atoms in total. The zero-order valence-electron chi connectivity index (χ0n) is 36.6. The van der Waals surface area contributed by atoms with Gasteiger partial charge < -0.3 is 19.3 Å². The molecular formula is C49H69N3O6. The number of ether oxygens (including phenoxy) is 1. The number of likely N-dealkylation sites (tertiary alicyclic amines) is 1. The van der Waals surface area contributed by atoms with Crippen molar-refractivity contribution in [2.24, 2.45) is 67.5 Å². The van der Waals surface area contributed by atoms with Crippen molar-refractivity contribution in [3.8, 4) is 11.4 Å². The SMILES string of the molecule is CC(C)(CC(=O)O[C@H]1CC[C@]2(C)[C@H]3CC[C@@H]4[C@H]5C(C6(C)CC6)CC[C@]5(C(=O)N5CCC[C@@H]5c5nc(-c6ccccc6)no5)CC[C@@]4(C)[C@]3(C)CC[C@H]2C1(C)C)C(=O)O. The zero-order chi connectivity index (χ0) is 41.3.